The summed E-state index contributed by atoms with van der Waals surface area (Å²) in [6.45, 7) is 2.87. The van der Waals surface area contributed by atoms with E-state index in [2.05, 4.69) is 24.0 Å². The number of hydrogen-bond acceptors (Lipinski definition) is 6. The average molecular weight is 396 g/mol. The summed E-state index contributed by atoms with van der Waals surface area (Å²) in [5.41, 5.74) is 0.927. The van der Waals surface area contributed by atoms with Crippen molar-refractivity contribution in [2.45, 2.75) is 19.6 Å². The van der Waals surface area contributed by atoms with Crippen LogP contribution in [0.5, 0.6) is 11.5 Å². The SMILES string of the molecule is Cc1ccc(-c2csc3ncn(CC4COc5ccccc5O4)c(=O)c23)s1. The van der Waals surface area contributed by atoms with E-state index in [1.807, 2.05) is 29.6 Å². The Kier molecular flexibility index (Phi) is 3.98. The Morgan fingerprint density at radius 2 is 2.07 bits per heavy atom. The molecule has 0 N–H and O–H groups in total. The highest BCUT2D eigenvalue weighted by Gasteiger charge is 2.22. The van der Waals surface area contributed by atoms with Crippen molar-refractivity contribution in [1.82, 2.24) is 9.55 Å². The van der Waals surface area contributed by atoms with Crippen molar-refractivity contribution in [2.24, 2.45) is 0 Å². The highest BCUT2D eigenvalue weighted by Crippen LogP contribution is 2.35. The summed E-state index contributed by atoms with van der Waals surface area (Å²) < 4.78 is 13.4. The second kappa shape index (κ2) is 6.51. The van der Waals surface area contributed by atoms with Crippen molar-refractivity contribution < 1.29 is 9.47 Å². The Morgan fingerprint density at radius 1 is 1.22 bits per heavy atom. The summed E-state index contributed by atoms with van der Waals surface area (Å²) in [5, 5.41) is 2.70. The standard InChI is InChI=1S/C20H16N2O3S2/c1-12-6-7-17(27-12)14-10-26-19-18(14)20(23)22(11-21-19)8-13-9-24-15-4-2-3-5-16(15)25-13/h2-7,10-11,13H,8-9H2,1H3. The molecule has 0 saturated heterocycles. The molecular weight excluding hydrogens is 380 g/mol. The van der Waals surface area contributed by atoms with Gasteiger partial charge in [0.25, 0.3) is 5.56 Å². The minimum absolute atomic E-state index is 0.0373. The number of rotatable bonds is 3. The second-order valence-electron chi connectivity index (χ2n) is 6.44. The fourth-order valence-corrected chi connectivity index (χ4v) is 5.09. The maximum Gasteiger partial charge on any atom is 0.262 e. The molecule has 27 heavy (non-hydrogen) atoms. The summed E-state index contributed by atoms with van der Waals surface area (Å²) >= 11 is 3.19. The molecule has 4 aromatic rings. The zero-order valence-corrected chi connectivity index (χ0v) is 16.2. The predicted octanol–water partition coefficient (Wildman–Crippen LogP) is 4.33. The summed E-state index contributed by atoms with van der Waals surface area (Å²) in [6, 6.07) is 11.7. The molecular formula is C20H16N2O3S2. The molecule has 0 bridgehead atoms. The first-order chi connectivity index (χ1) is 13.2. The number of thiophene rings is 2. The van der Waals surface area contributed by atoms with Gasteiger partial charge in [0.15, 0.2) is 17.6 Å². The monoisotopic (exact) mass is 396 g/mol. The highest BCUT2D eigenvalue weighted by atomic mass is 32.1. The zero-order valence-electron chi connectivity index (χ0n) is 14.5. The van der Waals surface area contributed by atoms with Gasteiger partial charge in [0.2, 0.25) is 0 Å². The van der Waals surface area contributed by atoms with Crippen LogP contribution in [-0.2, 0) is 6.54 Å². The molecule has 1 aliphatic heterocycles. The molecule has 0 radical (unpaired) electrons. The quantitative estimate of drug-likeness (QED) is 0.517. The number of para-hydroxylation sites is 2. The molecule has 0 saturated carbocycles. The Balaban J connectivity index is 1.50. The van der Waals surface area contributed by atoms with Crippen LogP contribution in [0.15, 0.2) is 52.9 Å². The lowest BCUT2D eigenvalue weighted by Gasteiger charge is -2.26. The molecule has 1 aliphatic rings. The van der Waals surface area contributed by atoms with Crippen LogP contribution in [0.2, 0.25) is 0 Å². The summed E-state index contributed by atoms with van der Waals surface area (Å²) in [7, 11) is 0. The van der Waals surface area contributed by atoms with Crippen molar-refractivity contribution in [3.63, 3.8) is 0 Å². The Hall–Kier alpha value is -2.64. The molecule has 3 aromatic heterocycles. The first kappa shape index (κ1) is 16.5. The summed E-state index contributed by atoms with van der Waals surface area (Å²) in [6.07, 6.45) is 1.37. The lowest BCUT2D eigenvalue weighted by Crippen LogP contribution is -2.36. The van der Waals surface area contributed by atoms with Gasteiger partial charge in [0.05, 0.1) is 18.3 Å². The minimum atomic E-state index is -0.233. The van der Waals surface area contributed by atoms with E-state index in [1.54, 1.807) is 22.2 Å². The number of aromatic nitrogens is 2. The maximum absolute atomic E-state index is 13.1. The van der Waals surface area contributed by atoms with Crippen LogP contribution in [0.25, 0.3) is 20.7 Å². The van der Waals surface area contributed by atoms with E-state index in [4.69, 9.17) is 9.47 Å². The Morgan fingerprint density at radius 3 is 2.89 bits per heavy atom. The maximum atomic E-state index is 13.1. The van der Waals surface area contributed by atoms with Crippen molar-refractivity contribution in [1.29, 1.82) is 0 Å². The van der Waals surface area contributed by atoms with Crippen LogP contribution in [0.3, 0.4) is 0 Å². The van der Waals surface area contributed by atoms with E-state index in [0.717, 1.165) is 21.0 Å². The van der Waals surface area contributed by atoms with Crippen molar-refractivity contribution in [3.8, 4) is 21.9 Å². The number of aryl methyl sites for hydroxylation is 1. The molecule has 5 rings (SSSR count). The van der Waals surface area contributed by atoms with Gasteiger partial charge in [-0.2, -0.15) is 0 Å². The van der Waals surface area contributed by atoms with E-state index >= 15 is 0 Å². The predicted molar refractivity (Wildman–Crippen MR) is 108 cm³/mol. The first-order valence-corrected chi connectivity index (χ1v) is 10.3. The molecule has 1 aromatic carbocycles. The molecule has 5 nitrogen and oxygen atoms in total. The van der Waals surface area contributed by atoms with E-state index in [0.29, 0.717) is 24.3 Å². The van der Waals surface area contributed by atoms with Crippen LogP contribution in [0.4, 0.5) is 0 Å². The van der Waals surface area contributed by atoms with Crippen LogP contribution in [0, 0.1) is 6.92 Å². The molecule has 4 heterocycles. The van der Waals surface area contributed by atoms with E-state index < -0.39 is 0 Å². The van der Waals surface area contributed by atoms with Gasteiger partial charge < -0.3 is 9.47 Å². The van der Waals surface area contributed by atoms with Gasteiger partial charge >= 0.3 is 0 Å². The number of fused-ring (bicyclic) bond motifs is 2. The van der Waals surface area contributed by atoms with Crippen molar-refractivity contribution >= 4 is 32.9 Å². The van der Waals surface area contributed by atoms with Gasteiger partial charge in [0.1, 0.15) is 11.4 Å². The topological polar surface area (TPSA) is 53.4 Å². The van der Waals surface area contributed by atoms with E-state index in [1.165, 1.54) is 16.2 Å². The number of nitrogens with zero attached hydrogens (tertiary/aromatic N) is 2. The first-order valence-electron chi connectivity index (χ1n) is 8.61. The molecule has 1 unspecified atom stereocenters. The lowest BCUT2D eigenvalue weighted by atomic mass is 10.2. The van der Waals surface area contributed by atoms with Gasteiger partial charge in [-0.25, -0.2) is 4.98 Å². The number of benzene rings is 1. The van der Waals surface area contributed by atoms with Crippen LogP contribution in [0.1, 0.15) is 4.88 Å². The molecule has 136 valence electrons. The Bertz CT molecular complexity index is 1190. The highest BCUT2D eigenvalue weighted by molar-refractivity contribution is 7.19. The molecule has 0 amide bonds. The third-order valence-corrected chi connectivity index (χ3v) is 6.45. The summed E-state index contributed by atoms with van der Waals surface area (Å²) in [5.74, 6) is 1.45. The minimum Gasteiger partial charge on any atom is -0.486 e. The number of ether oxygens (including phenoxy) is 2. The van der Waals surface area contributed by atoms with Crippen molar-refractivity contribution in [2.75, 3.05) is 6.61 Å². The van der Waals surface area contributed by atoms with Crippen molar-refractivity contribution in [3.05, 3.63) is 63.3 Å². The third kappa shape index (κ3) is 2.93. The molecule has 1 atom stereocenters. The molecule has 0 aliphatic carbocycles. The summed E-state index contributed by atoms with van der Waals surface area (Å²) in [4.78, 5) is 20.7. The molecule has 7 heteroatoms. The zero-order chi connectivity index (χ0) is 18.4. The Labute approximate surface area is 163 Å². The van der Waals surface area contributed by atoms with E-state index in [-0.39, 0.29) is 11.7 Å². The van der Waals surface area contributed by atoms with Crippen LogP contribution < -0.4 is 15.0 Å². The fourth-order valence-electron chi connectivity index (χ4n) is 3.23. The van der Waals surface area contributed by atoms with Gasteiger partial charge in [-0.1, -0.05) is 12.1 Å². The average Bonchev–Trinajstić information content (AvgIpc) is 3.30. The van der Waals surface area contributed by atoms with Gasteiger partial charge in [-0.15, -0.1) is 22.7 Å². The third-order valence-electron chi connectivity index (χ3n) is 4.53. The largest absolute Gasteiger partial charge is 0.486 e. The normalized spacial score (nSPS) is 16.0. The number of hydrogen-bond donors (Lipinski definition) is 0. The molecule has 0 spiro atoms. The van der Waals surface area contributed by atoms with E-state index in [9.17, 15) is 4.79 Å². The fraction of sp³-hybridized carbons (Fsp3) is 0.200. The lowest BCUT2D eigenvalue weighted by molar-refractivity contribution is 0.0777. The second-order valence-corrected chi connectivity index (χ2v) is 8.59. The molecule has 0 fully saturated rings. The van der Waals surface area contributed by atoms with Gasteiger partial charge in [0, 0.05) is 20.7 Å². The van der Waals surface area contributed by atoms with Gasteiger partial charge in [-0.3, -0.25) is 9.36 Å². The smallest absolute Gasteiger partial charge is 0.262 e. The van der Waals surface area contributed by atoms with Crippen LogP contribution >= 0.6 is 22.7 Å². The van der Waals surface area contributed by atoms with Crippen LogP contribution in [-0.4, -0.2) is 22.3 Å². The van der Waals surface area contributed by atoms with Gasteiger partial charge in [-0.05, 0) is 31.2 Å².